The number of benzene rings is 2. The van der Waals surface area contributed by atoms with E-state index in [0.717, 1.165) is 61.6 Å². The third-order valence-corrected chi connectivity index (χ3v) is 6.26. The summed E-state index contributed by atoms with van der Waals surface area (Å²) in [5.41, 5.74) is 3.70. The number of carbonyl (C=O) groups excluding carboxylic acids is 1. The number of halogens is 1. The Morgan fingerprint density at radius 1 is 1.30 bits per heavy atom. The zero-order valence-electron chi connectivity index (χ0n) is 17.1. The second-order valence-corrected chi connectivity index (χ2v) is 8.20. The van der Waals surface area contributed by atoms with Gasteiger partial charge < -0.3 is 19.6 Å². The van der Waals surface area contributed by atoms with Crippen LogP contribution in [0.1, 0.15) is 29.4 Å². The Kier molecular flexibility index (Phi) is 5.97. The molecule has 1 aliphatic heterocycles. The SMILES string of the molecule is CCCc1n[nH]c2c(Br)c(O)c(C(=O)N(C)c3ccc(N4CCOCC4)cc3)cc12. The molecule has 30 heavy (non-hydrogen) atoms. The summed E-state index contributed by atoms with van der Waals surface area (Å²) in [7, 11) is 1.71. The minimum absolute atomic E-state index is 0.0871. The van der Waals surface area contributed by atoms with E-state index in [1.165, 1.54) is 0 Å². The molecular formula is C22H25BrN4O3. The number of amides is 1. The first-order valence-corrected chi connectivity index (χ1v) is 10.9. The molecule has 1 aliphatic rings. The third kappa shape index (κ3) is 3.77. The number of nitrogens with zero attached hydrogens (tertiary/aromatic N) is 3. The lowest BCUT2D eigenvalue weighted by Crippen LogP contribution is -2.36. The molecule has 0 saturated carbocycles. The highest BCUT2D eigenvalue weighted by atomic mass is 79.9. The molecule has 158 valence electrons. The number of phenolic OH excluding ortho intramolecular Hbond substituents is 1. The van der Waals surface area contributed by atoms with E-state index in [0.29, 0.717) is 9.99 Å². The van der Waals surface area contributed by atoms with Crippen LogP contribution in [0.2, 0.25) is 0 Å². The van der Waals surface area contributed by atoms with Crippen molar-refractivity contribution in [3.05, 3.63) is 46.1 Å². The molecular weight excluding hydrogens is 448 g/mol. The normalized spacial score (nSPS) is 14.3. The fourth-order valence-electron chi connectivity index (χ4n) is 3.76. The van der Waals surface area contributed by atoms with Gasteiger partial charge in [0.2, 0.25) is 0 Å². The van der Waals surface area contributed by atoms with E-state index in [-0.39, 0.29) is 17.2 Å². The molecule has 1 saturated heterocycles. The van der Waals surface area contributed by atoms with Crippen molar-refractivity contribution in [3.63, 3.8) is 0 Å². The molecule has 8 heteroatoms. The Morgan fingerprint density at radius 2 is 2.00 bits per heavy atom. The molecule has 0 aliphatic carbocycles. The molecule has 0 atom stereocenters. The largest absolute Gasteiger partial charge is 0.506 e. The van der Waals surface area contributed by atoms with Crippen LogP contribution in [-0.4, -0.2) is 54.6 Å². The average Bonchev–Trinajstić information content (AvgIpc) is 3.19. The van der Waals surface area contributed by atoms with Crippen LogP contribution in [0, 0.1) is 0 Å². The minimum atomic E-state index is -0.280. The number of hydrogen-bond donors (Lipinski definition) is 2. The predicted octanol–water partition coefficient (Wildman–Crippen LogP) is 4.10. The van der Waals surface area contributed by atoms with Gasteiger partial charge in [0.05, 0.1) is 34.5 Å². The third-order valence-electron chi connectivity index (χ3n) is 5.49. The first-order chi connectivity index (χ1) is 14.5. The van der Waals surface area contributed by atoms with E-state index in [4.69, 9.17) is 4.74 Å². The van der Waals surface area contributed by atoms with Gasteiger partial charge in [0.15, 0.2) is 0 Å². The Labute approximate surface area is 183 Å². The second-order valence-electron chi connectivity index (χ2n) is 7.41. The number of phenols is 1. The fourth-order valence-corrected chi connectivity index (χ4v) is 4.27. The van der Waals surface area contributed by atoms with Crippen LogP contribution < -0.4 is 9.80 Å². The number of nitrogens with one attached hydrogen (secondary N) is 1. The van der Waals surface area contributed by atoms with E-state index in [9.17, 15) is 9.90 Å². The maximum Gasteiger partial charge on any atom is 0.261 e. The van der Waals surface area contributed by atoms with Crippen molar-refractivity contribution in [1.29, 1.82) is 0 Å². The van der Waals surface area contributed by atoms with Crippen molar-refractivity contribution in [2.45, 2.75) is 19.8 Å². The number of hydrogen-bond acceptors (Lipinski definition) is 5. The van der Waals surface area contributed by atoms with E-state index in [2.05, 4.69) is 38.0 Å². The van der Waals surface area contributed by atoms with Gasteiger partial charge in [0.25, 0.3) is 5.91 Å². The van der Waals surface area contributed by atoms with Crippen LogP contribution in [0.25, 0.3) is 10.9 Å². The second kappa shape index (κ2) is 8.65. The number of fused-ring (bicyclic) bond motifs is 1. The lowest BCUT2D eigenvalue weighted by atomic mass is 10.1. The van der Waals surface area contributed by atoms with Gasteiger partial charge in [-0.3, -0.25) is 9.89 Å². The molecule has 1 amide bonds. The lowest BCUT2D eigenvalue weighted by Gasteiger charge is -2.29. The molecule has 0 radical (unpaired) electrons. The topological polar surface area (TPSA) is 81.7 Å². The molecule has 2 aromatic carbocycles. The van der Waals surface area contributed by atoms with Crippen LogP contribution in [0.15, 0.2) is 34.8 Å². The van der Waals surface area contributed by atoms with E-state index >= 15 is 0 Å². The first-order valence-electron chi connectivity index (χ1n) is 10.1. The summed E-state index contributed by atoms with van der Waals surface area (Å²) in [6, 6.07) is 9.60. The molecule has 4 rings (SSSR count). The van der Waals surface area contributed by atoms with E-state index in [1.807, 2.05) is 24.3 Å². The average molecular weight is 473 g/mol. The highest BCUT2D eigenvalue weighted by molar-refractivity contribution is 9.10. The van der Waals surface area contributed by atoms with Crippen LogP contribution >= 0.6 is 15.9 Å². The van der Waals surface area contributed by atoms with Gasteiger partial charge in [-0.1, -0.05) is 13.3 Å². The number of aromatic amines is 1. The highest BCUT2D eigenvalue weighted by Gasteiger charge is 2.23. The molecule has 0 spiro atoms. The van der Waals surface area contributed by atoms with Gasteiger partial charge in [-0.05, 0) is 52.7 Å². The Hall–Kier alpha value is -2.58. The number of aromatic nitrogens is 2. The number of morpholine rings is 1. The van der Waals surface area contributed by atoms with E-state index < -0.39 is 0 Å². The van der Waals surface area contributed by atoms with Crippen molar-refractivity contribution in [3.8, 4) is 5.75 Å². The van der Waals surface area contributed by atoms with Gasteiger partial charge in [-0.15, -0.1) is 0 Å². The maximum atomic E-state index is 13.2. The molecule has 2 N–H and O–H groups in total. The molecule has 7 nitrogen and oxygen atoms in total. The predicted molar refractivity (Wildman–Crippen MR) is 122 cm³/mol. The van der Waals surface area contributed by atoms with Gasteiger partial charge in [0, 0.05) is 36.9 Å². The standard InChI is InChI=1S/C22H25BrN4O3/c1-3-4-18-16-13-17(21(28)19(23)20(16)25-24-18)22(29)26(2)14-5-7-15(8-6-14)27-9-11-30-12-10-27/h5-8,13,28H,3-4,9-12H2,1-2H3,(H,24,25). The summed E-state index contributed by atoms with van der Waals surface area (Å²) >= 11 is 3.42. The van der Waals surface area contributed by atoms with Crippen LogP contribution in [-0.2, 0) is 11.2 Å². The van der Waals surface area contributed by atoms with Gasteiger partial charge >= 0.3 is 0 Å². The first kappa shape index (κ1) is 20.7. The smallest absolute Gasteiger partial charge is 0.261 e. The molecule has 2 heterocycles. The summed E-state index contributed by atoms with van der Waals surface area (Å²) in [5.74, 6) is -0.367. The summed E-state index contributed by atoms with van der Waals surface area (Å²) in [4.78, 5) is 17.0. The van der Waals surface area contributed by atoms with E-state index in [1.54, 1.807) is 18.0 Å². The number of aromatic hydroxyl groups is 1. The van der Waals surface area contributed by atoms with Gasteiger partial charge in [-0.2, -0.15) is 5.10 Å². The Balaban J connectivity index is 1.62. The number of H-pyrrole nitrogens is 1. The maximum absolute atomic E-state index is 13.2. The Bertz CT molecular complexity index is 1060. The number of anilines is 2. The van der Waals surface area contributed by atoms with Crippen molar-refractivity contribution >= 4 is 44.1 Å². The summed E-state index contributed by atoms with van der Waals surface area (Å²) in [6.07, 6.45) is 1.74. The Morgan fingerprint density at radius 3 is 2.67 bits per heavy atom. The van der Waals surface area contributed by atoms with Crippen molar-refractivity contribution in [2.24, 2.45) is 0 Å². The quantitative estimate of drug-likeness (QED) is 0.584. The summed E-state index contributed by atoms with van der Waals surface area (Å²) in [5, 5.41) is 18.8. The number of rotatable bonds is 5. The minimum Gasteiger partial charge on any atom is -0.506 e. The monoisotopic (exact) mass is 472 g/mol. The van der Waals surface area contributed by atoms with Crippen LogP contribution in [0.4, 0.5) is 11.4 Å². The summed E-state index contributed by atoms with van der Waals surface area (Å²) in [6.45, 7) is 5.26. The van der Waals surface area contributed by atoms with Crippen molar-refractivity contribution < 1.29 is 14.6 Å². The highest BCUT2D eigenvalue weighted by Crippen LogP contribution is 2.37. The van der Waals surface area contributed by atoms with Crippen LogP contribution in [0.3, 0.4) is 0 Å². The number of aryl methyl sites for hydroxylation is 1. The zero-order valence-corrected chi connectivity index (χ0v) is 18.7. The summed E-state index contributed by atoms with van der Waals surface area (Å²) < 4.78 is 5.86. The molecule has 0 bridgehead atoms. The lowest BCUT2D eigenvalue weighted by molar-refractivity contribution is 0.0990. The van der Waals surface area contributed by atoms with Gasteiger partial charge in [-0.25, -0.2) is 0 Å². The molecule has 1 aromatic heterocycles. The fraction of sp³-hybridized carbons (Fsp3) is 0.364. The van der Waals surface area contributed by atoms with Crippen molar-refractivity contribution in [2.75, 3.05) is 43.2 Å². The number of carbonyl (C=O) groups is 1. The molecule has 1 fully saturated rings. The van der Waals surface area contributed by atoms with Crippen LogP contribution in [0.5, 0.6) is 5.75 Å². The zero-order chi connectivity index (χ0) is 21.3. The molecule has 3 aromatic rings. The molecule has 0 unspecified atom stereocenters. The number of ether oxygens (including phenoxy) is 1. The van der Waals surface area contributed by atoms with Gasteiger partial charge in [0.1, 0.15) is 5.75 Å². The van der Waals surface area contributed by atoms with Crippen molar-refractivity contribution in [1.82, 2.24) is 10.2 Å².